The van der Waals surface area contributed by atoms with E-state index in [2.05, 4.69) is 5.32 Å². The molecule has 1 saturated heterocycles. The van der Waals surface area contributed by atoms with Crippen LogP contribution in [0.25, 0.3) is 0 Å². The molecule has 0 atom stereocenters. The molecule has 1 aromatic carbocycles. The lowest BCUT2D eigenvalue weighted by Gasteiger charge is -2.34. The van der Waals surface area contributed by atoms with Crippen molar-refractivity contribution in [2.24, 2.45) is 11.1 Å². The predicted octanol–water partition coefficient (Wildman–Crippen LogP) is 2.50. The second kappa shape index (κ2) is 7.99. The summed E-state index contributed by atoms with van der Waals surface area (Å²) in [5, 5.41) is 2.60. The van der Waals surface area contributed by atoms with Crippen LogP contribution in [0.5, 0.6) is 0 Å². The fraction of sp³-hybridized carbons (Fsp3) is 0.533. The number of carbonyl (C=O) groups excluding carboxylic acids is 1. The second-order valence-electron chi connectivity index (χ2n) is 5.43. The minimum absolute atomic E-state index is 0. The van der Waals surface area contributed by atoms with Gasteiger partial charge in [0.05, 0.1) is 11.0 Å². The second-order valence-corrected chi connectivity index (χ2v) is 5.43. The number of hydrogen-bond acceptors (Lipinski definition) is 3. The molecule has 0 aromatic heterocycles. The van der Waals surface area contributed by atoms with Crippen LogP contribution in [0.3, 0.4) is 0 Å². The van der Waals surface area contributed by atoms with Gasteiger partial charge in [-0.05, 0) is 24.5 Å². The van der Waals surface area contributed by atoms with Crippen LogP contribution in [0.15, 0.2) is 24.3 Å². The summed E-state index contributed by atoms with van der Waals surface area (Å²) in [7, 11) is 0. The molecule has 23 heavy (non-hydrogen) atoms. The van der Waals surface area contributed by atoms with Gasteiger partial charge in [0, 0.05) is 26.3 Å². The number of rotatable bonds is 4. The Hall–Kier alpha value is -1.31. The number of ether oxygens (including phenoxy) is 1. The summed E-state index contributed by atoms with van der Waals surface area (Å²) in [6, 6.07) is 5.22. The van der Waals surface area contributed by atoms with Crippen LogP contribution in [0.1, 0.15) is 24.0 Å². The third-order valence-electron chi connectivity index (χ3n) is 4.08. The molecule has 4 nitrogen and oxygen atoms in total. The van der Waals surface area contributed by atoms with Crippen LogP contribution in [0.4, 0.5) is 13.2 Å². The number of alkyl halides is 3. The van der Waals surface area contributed by atoms with Crippen molar-refractivity contribution in [1.29, 1.82) is 0 Å². The molecule has 0 aliphatic carbocycles. The fourth-order valence-corrected chi connectivity index (χ4v) is 2.60. The van der Waals surface area contributed by atoms with Gasteiger partial charge in [0.15, 0.2) is 0 Å². The maximum absolute atomic E-state index is 12.9. The fourth-order valence-electron chi connectivity index (χ4n) is 2.60. The summed E-state index contributed by atoms with van der Waals surface area (Å²) >= 11 is 0. The van der Waals surface area contributed by atoms with E-state index in [0.29, 0.717) is 26.1 Å². The van der Waals surface area contributed by atoms with E-state index in [0.717, 1.165) is 6.07 Å². The van der Waals surface area contributed by atoms with E-state index in [9.17, 15) is 18.0 Å². The molecule has 0 radical (unpaired) electrons. The molecule has 3 N–H and O–H groups in total. The molecule has 1 fully saturated rings. The first-order valence-corrected chi connectivity index (χ1v) is 7.10. The molecule has 8 heteroatoms. The third kappa shape index (κ3) is 4.59. The third-order valence-corrected chi connectivity index (χ3v) is 4.08. The highest BCUT2D eigenvalue weighted by Gasteiger charge is 2.39. The number of nitrogens with two attached hydrogens (primary N) is 1. The van der Waals surface area contributed by atoms with Crippen LogP contribution in [0, 0.1) is 5.41 Å². The van der Waals surface area contributed by atoms with Crippen molar-refractivity contribution in [1.82, 2.24) is 5.32 Å². The van der Waals surface area contributed by atoms with Crippen molar-refractivity contribution in [2.75, 3.05) is 19.8 Å². The molecule has 1 aromatic rings. The van der Waals surface area contributed by atoms with Gasteiger partial charge in [-0.2, -0.15) is 13.2 Å². The number of halogens is 4. The van der Waals surface area contributed by atoms with E-state index < -0.39 is 17.2 Å². The monoisotopic (exact) mass is 352 g/mol. The summed E-state index contributed by atoms with van der Waals surface area (Å²) in [4.78, 5) is 12.4. The summed E-state index contributed by atoms with van der Waals surface area (Å²) in [5.74, 6) is -0.310. The van der Waals surface area contributed by atoms with Crippen LogP contribution in [-0.2, 0) is 22.3 Å². The first kappa shape index (κ1) is 19.7. The predicted molar refractivity (Wildman–Crippen MR) is 82.1 cm³/mol. The Morgan fingerprint density at radius 3 is 2.43 bits per heavy atom. The Morgan fingerprint density at radius 1 is 1.26 bits per heavy atom. The topological polar surface area (TPSA) is 64.4 Å². The molecule has 1 amide bonds. The van der Waals surface area contributed by atoms with Crippen molar-refractivity contribution >= 4 is 18.3 Å². The lowest BCUT2D eigenvalue weighted by molar-refractivity contribution is -0.139. The maximum atomic E-state index is 12.9. The SMILES string of the molecule is Cl.NCC1(C(=O)NCc2ccccc2C(F)(F)F)CCOCC1. The summed E-state index contributed by atoms with van der Waals surface area (Å²) < 4.78 is 44.0. The molecule has 2 rings (SSSR count). The molecular formula is C15H20ClF3N2O2. The largest absolute Gasteiger partial charge is 0.416 e. The Kier molecular flexibility index (Phi) is 6.85. The zero-order valence-electron chi connectivity index (χ0n) is 12.5. The summed E-state index contributed by atoms with van der Waals surface area (Å²) in [6.45, 7) is 0.855. The van der Waals surface area contributed by atoms with Crippen molar-refractivity contribution in [2.45, 2.75) is 25.6 Å². The summed E-state index contributed by atoms with van der Waals surface area (Å²) in [5.41, 5.74) is 4.28. The Balaban J connectivity index is 0.00000264. The van der Waals surface area contributed by atoms with E-state index in [1.165, 1.54) is 18.2 Å². The van der Waals surface area contributed by atoms with E-state index in [1.807, 2.05) is 0 Å². The molecule has 1 aliphatic heterocycles. The number of hydrogen-bond donors (Lipinski definition) is 2. The highest BCUT2D eigenvalue weighted by atomic mass is 35.5. The average molecular weight is 353 g/mol. The van der Waals surface area contributed by atoms with Crippen LogP contribution >= 0.6 is 12.4 Å². The van der Waals surface area contributed by atoms with Crippen LogP contribution in [0.2, 0.25) is 0 Å². The quantitative estimate of drug-likeness (QED) is 0.875. The van der Waals surface area contributed by atoms with E-state index in [4.69, 9.17) is 10.5 Å². The number of benzene rings is 1. The molecule has 0 unspecified atom stereocenters. The van der Waals surface area contributed by atoms with Crippen LogP contribution in [-0.4, -0.2) is 25.7 Å². The van der Waals surface area contributed by atoms with E-state index in [-0.39, 0.29) is 37.0 Å². The Labute approximate surface area is 139 Å². The van der Waals surface area contributed by atoms with Gasteiger partial charge in [-0.3, -0.25) is 4.79 Å². The minimum Gasteiger partial charge on any atom is -0.381 e. The number of nitrogens with one attached hydrogen (secondary N) is 1. The minimum atomic E-state index is -4.44. The molecule has 0 saturated carbocycles. The average Bonchev–Trinajstić information content (AvgIpc) is 2.52. The Bertz CT molecular complexity index is 532. The smallest absolute Gasteiger partial charge is 0.381 e. The van der Waals surface area contributed by atoms with Crippen molar-refractivity contribution in [3.8, 4) is 0 Å². The molecule has 0 bridgehead atoms. The first-order valence-electron chi connectivity index (χ1n) is 7.10. The van der Waals surface area contributed by atoms with Gasteiger partial charge >= 0.3 is 6.18 Å². The van der Waals surface area contributed by atoms with Gasteiger partial charge < -0.3 is 15.8 Å². The highest BCUT2D eigenvalue weighted by Crippen LogP contribution is 2.32. The Morgan fingerprint density at radius 2 is 1.87 bits per heavy atom. The lowest BCUT2D eigenvalue weighted by atomic mass is 9.79. The van der Waals surface area contributed by atoms with E-state index in [1.54, 1.807) is 0 Å². The molecule has 130 valence electrons. The normalized spacial score (nSPS) is 17.2. The van der Waals surface area contributed by atoms with Gasteiger partial charge in [0.1, 0.15) is 0 Å². The number of carbonyl (C=O) groups is 1. The maximum Gasteiger partial charge on any atom is 0.416 e. The molecular weight excluding hydrogens is 333 g/mol. The van der Waals surface area contributed by atoms with Gasteiger partial charge in [-0.25, -0.2) is 0 Å². The zero-order chi connectivity index (χ0) is 16.2. The summed E-state index contributed by atoms with van der Waals surface area (Å²) in [6.07, 6.45) is -3.47. The van der Waals surface area contributed by atoms with Crippen molar-refractivity contribution in [3.63, 3.8) is 0 Å². The van der Waals surface area contributed by atoms with Gasteiger partial charge in [0.2, 0.25) is 5.91 Å². The lowest BCUT2D eigenvalue weighted by Crippen LogP contribution is -2.49. The highest BCUT2D eigenvalue weighted by molar-refractivity contribution is 5.85. The van der Waals surface area contributed by atoms with Crippen molar-refractivity contribution in [3.05, 3.63) is 35.4 Å². The molecule has 1 heterocycles. The standard InChI is InChI=1S/C15H19F3N2O2.ClH/c16-15(17,18)12-4-2-1-3-11(12)9-20-13(21)14(10-19)5-7-22-8-6-14;/h1-4H,5-10,19H2,(H,20,21);1H. The van der Waals surface area contributed by atoms with Gasteiger partial charge in [0.25, 0.3) is 0 Å². The van der Waals surface area contributed by atoms with Gasteiger partial charge in [-0.15, -0.1) is 12.4 Å². The zero-order valence-corrected chi connectivity index (χ0v) is 13.3. The number of amides is 1. The van der Waals surface area contributed by atoms with Gasteiger partial charge in [-0.1, -0.05) is 18.2 Å². The molecule has 0 spiro atoms. The van der Waals surface area contributed by atoms with E-state index >= 15 is 0 Å². The van der Waals surface area contributed by atoms with Crippen LogP contribution < -0.4 is 11.1 Å². The van der Waals surface area contributed by atoms with Crippen molar-refractivity contribution < 1.29 is 22.7 Å². The molecule has 1 aliphatic rings. The first-order chi connectivity index (χ1) is 10.4.